The lowest BCUT2D eigenvalue weighted by Gasteiger charge is -2.30. The Morgan fingerprint density at radius 2 is 1.69 bits per heavy atom. The van der Waals surface area contributed by atoms with Crippen molar-refractivity contribution in [2.75, 3.05) is 0 Å². The van der Waals surface area contributed by atoms with Crippen LogP contribution in [0.1, 0.15) is 43.5 Å². The number of ether oxygens (including phenoxy) is 1. The molecule has 1 heterocycles. The maximum Gasteiger partial charge on any atom is 0.433 e. The topological polar surface area (TPSA) is 64.1 Å². The molecule has 36 heavy (non-hydrogen) atoms. The predicted molar refractivity (Wildman–Crippen MR) is 126 cm³/mol. The van der Waals surface area contributed by atoms with E-state index in [-0.39, 0.29) is 0 Å². The van der Waals surface area contributed by atoms with Gasteiger partial charge in [0.1, 0.15) is 18.0 Å². The average Bonchev–Trinajstić information content (AvgIpc) is 2.77. The zero-order valence-corrected chi connectivity index (χ0v) is 21.1. The van der Waals surface area contributed by atoms with Crippen LogP contribution in [-0.2, 0) is 17.4 Å². The van der Waals surface area contributed by atoms with Crippen LogP contribution in [0.2, 0.25) is 0 Å². The molecule has 1 aromatic heterocycles. The van der Waals surface area contributed by atoms with Crippen LogP contribution in [0.15, 0.2) is 59.3 Å². The minimum Gasteiger partial charge on any atom is -0.461 e. The summed E-state index contributed by atoms with van der Waals surface area (Å²) in [7, 11) is 0. The number of nitrogens with one attached hydrogen (secondary N) is 1. The van der Waals surface area contributed by atoms with Crippen molar-refractivity contribution in [3.8, 4) is 5.88 Å². The summed E-state index contributed by atoms with van der Waals surface area (Å²) in [6.45, 7) is 4.49. The van der Waals surface area contributed by atoms with Crippen molar-refractivity contribution in [1.82, 2.24) is 15.3 Å². The fourth-order valence-corrected chi connectivity index (χ4v) is 4.07. The van der Waals surface area contributed by atoms with E-state index in [2.05, 4.69) is 31.2 Å². The Labute approximate surface area is 213 Å². The zero-order chi connectivity index (χ0) is 26.7. The van der Waals surface area contributed by atoms with Crippen LogP contribution in [-0.4, -0.2) is 27.5 Å². The summed E-state index contributed by atoms with van der Waals surface area (Å²) in [5.41, 5.74) is -1.45. The molecule has 3 aromatic rings. The molecule has 1 amide bonds. The van der Waals surface area contributed by atoms with E-state index < -0.39 is 52.9 Å². The molecule has 0 saturated carbocycles. The Bertz CT molecular complexity index is 1200. The molecule has 2 aromatic carbocycles. The smallest absolute Gasteiger partial charge is 0.433 e. The number of hydrogen-bond acceptors (Lipinski definition) is 4. The fourth-order valence-electron chi connectivity index (χ4n) is 3.59. The van der Waals surface area contributed by atoms with Gasteiger partial charge in [0.25, 0.3) is 5.91 Å². The summed E-state index contributed by atoms with van der Waals surface area (Å²) in [5, 5.41) is 2.81. The van der Waals surface area contributed by atoms with Gasteiger partial charge in [-0.15, -0.1) is 0 Å². The summed E-state index contributed by atoms with van der Waals surface area (Å²) in [4.78, 5) is 19.9. The van der Waals surface area contributed by atoms with Crippen LogP contribution >= 0.6 is 15.9 Å². The highest BCUT2D eigenvalue weighted by Gasteiger charge is 2.36. The first kappa shape index (κ1) is 27.5. The molecule has 0 spiro atoms. The van der Waals surface area contributed by atoms with Gasteiger partial charge in [0, 0.05) is 22.5 Å². The summed E-state index contributed by atoms with van der Waals surface area (Å²) in [6.07, 6.45) is -3.65. The van der Waals surface area contributed by atoms with Crippen LogP contribution in [0.25, 0.3) is 0 Å². The summed E-state index contributed by atoms with van der Waals surface area (Å²) < 4.78 is 72.4. The molecule has 3 rings (SSSR count). The molecule has 0 saturated heterocycles. The minimum absolute atomic E-state index is 0.347. The van der Waals surface area contributed by atoms with Crippen LogP contribution in [0.3, 0.4) is 0 Å². The number of nitrogens with zero attached hydrogens (tertiary/aromatic N) is 2. The first-order chi connectivity index (χ1) is 16.7. The second kappa shape index (κ2) is 10.9. The second-order valence-corrected chi connectivity index (χ2v) is 9.67. The van der Waals surface area contributed by atoms with Crippen molar-refractivity contribution in [2.24, 2.45) is 0 Å². The van der Waals surface area contributed by atoms with E-state index in [0.717, 1.165) is 5.56 Å². The number of rotatable bonds is 8. The fraction of sp³-hybridized carbons (Fsp3) is 0.320. The Hall–Kier alpha value is -3.08. The first-order valence-electron chi connectivity index (χ1n) is 10.8. The van der Waals surface area contributed by atoms with E-state index in [4.69, 9.17) is 4.74 Å². The number of amides is 1. The van der Waals surface area contributed by atoms with Gasteiger partial charge in [-0.3, -0.25) is 4.79 Å². The number of carbonyl (C=O) groups is 1. The van der Waals surface area contributed by atoms with E-state index in [1.54, 1.807) is 25.1 Å². The molecule has 0 aliphatic heterocycles. The van der Waals surface area contributed by atoms with Crippen LogP contribution < -0.4 is 10.1 Å². The molecular formula is C25H23BrF5N3O2. The number of aromatic nitrogens is 2. The third kappa shape index (κ3) is 7.22. The van der Waals surface area contributed by atoms with E-state index in [1.807, 2.05) is 0 Å². The summed E-state index contributed by atoms with van der Waals surface area (Å²) >= 11 is 3.28. The molecule has 0 radical (unpaired) electrons. The van der Waals surface area contributed by atoms with Crippen molar-refractivity contribution < 1.29 is 31.5 Å². The van der Waals surface area contributed by atoms with Crippen LogP contribution in [0, 0.1) is 11.6 Å². The SMILES string of the molecule is CC(NC(=O)C(C)(C)Oc1cc(C(F)(F)F)ncn1)C(Cc1ccc(F)cc1)c1cc(F)cc(Br)c1. The molecular weight excluding hydrogens is 549 g/mol. The first-order valence-corrected chi connectivity index (χ1v) is 11.6. The molecule has 5 nitrogen and oxygen atoms in total. The van der Waals surface area contributed by atoms with Gasteiger partial charge in [0.05, 0.1) is 0 Å². The number of carbonyl (C=O) groups excluding carboxylic acids is 1. The van der Waals surface area contributed by atoms with Gasteiger partial charge in [-0.1, -0.05) is 28.1 Å². The molecule has 2 atom stereocenters. The van der Waals surface area contributed by atoms with Gasteiger partial charge >= 0.3 is 6.18 Å². The molecule has 0 fully saturated rings. The van der Waals surface area contributed by atoms with Gasteiger partial charge in [0.2, 0.25) is 5.88 Å². The molecule has 0 bridgehead atoms. The van der Waals surface area contributed by atoms with E-state index >= 15 is 0 Å². The standard InChI is InChI=1S/C25H23BrF5N3O2/c1-14(34-23(35)24(2,3)36-22-12-21(25(29,30)31)32-13-33-22)20(8-15-4-6-18(27)7-5-15)16-9-17(26)11-19(28)10-16/h4-7,9-14,20H,8H2,1-3H3,(H,34,35). The summed E-state index contributed by atoms with van der Waals surface area (Å²) in [6, 6.07) is 10.2. The van der Waals surface area contributed by atoms with E-state index in [9.17, 15) is 26.7 Å². The Balaban J connectivity index is 1.82. The highest BCUT2D eigenvalue weighted by Crippen LogP contribution is 2.31. The average molecular weight is 572 g/mol. The molecule has 0 aliphatic carbocycles. The highest BCUT2D eigenvalue weighted by molar-refractivity contribution is 9.10. The van der Waals surface area contributed by atoms with Gasteiger partial charge < -0.3 is 10.1 Å². The Morgan fingerprint density at radius 1 is 1.03 bits per heavy atom. The van der Waals surface area contributed by atoms with Gasteiger partial charge in [-0.05, 0) is 68.7 Å². The third-order valence-electron chi connectivity index (χ3n) is 5.48. The van der Waals surface area contributed by atoms with Crippen molar-refractivity contribution in [3.05, 3.63) is 87.8 Å². The second-order valence-electron chi connectivity index (χ2n) is 8.75. The maximum atomic E-state index is 14.2. The van der Waals surface area contributed by atoms with Crippen molar-refractivity contribution in [1.29, 1.82) is 0 Å². The van der Waals surface area contributed by atoms with Crippen molar-refractivity contribution >= 4 is 21.8 Å². The lowest BCUT2D eigenvalue weighted by molar-refractivity contribution is -0.141. The Morgan fingerprint density at radius 3 is 2.31 bits per heavy atom. The lowest BCUT2D eigenvalue weighted by Crippen LogP contribution is -2.51. The molecule has 0 aliphatic rings. The highest BCUT2D eigenvalue weighted by atomic mass is 79.9. The van der Waals surface area contributed by atoms with Gasteiger partial charge in [-0.2, -0.15) is 13.2 Å². The maximum absolute atomic E-state index is 14.2. The number of hydrogen-bond donors (Lipinski definition) is 1. The molecule has 2 unspecified atom stereocenters. The monoisotopic (exact) mass is 571 g/mol. The normalized spacial score (nSPS) is 13.7. The molecule has 11 heteroatoms. The number of alkyl halides is 3. The van der Waals surface area contributed by atoms with Crippen LogP contribution in [0.5, 0.6) is 5.88 Å². The van der Waals surface area contributed by atoms with Crippen molar-refractivity contribution in [3.63, 3.8) is 0 Å². The van der Waals surface area contributed by atoms with Crippen LogP contribution in [0.4, 0.5) is 22.0 Å². The lowest BCUT2D eigenvalue weighted by atomic mass is 9.86. The summed E-state index contributed by atoms with van der Waals surface area (Å²) in [5.74, 6) is -2.35. The van der Waals surface area contributed by atoms with E-state index in [1.165, 1.54) is 38.1 Å². The van der Waals surface area contributed by atoms with Crippen molar-refractivity contribution in [2.45, 2.75) is 50.9 Å². The largest absolute Gasteiger partial charge is 0.461 e. The van der Waals surface area contributed by atoms with E-state index in [0.29, 0.717) is 28.9 Å². The van der Waals surface area contributed by atoms with Gasteiger partial charge in [-0.25, -0.2) is 18.7 Å². The molecule has 192 valence electrons. The zero-order valence-electron chi connectivity index (χ0n) is 19.5. The van der Waals surface area contributed by atoms with Gasteiger partial charge in [0.15, 0.2) is 11.3 Å². The third-order valence-corrected chi connectivity index (χ3v) is 5.94. The minimum atomic E-state index is -4.70. The number of halogens is 6. The Kier molecular flexibility index (Phi) is 8.33. The number of benzene rings is 2. The predicted octanol–water partition coefficient (Wildman–Crippen LogP) is 6.22. The quantitative estimate of drug-likeness (QED) is 0.326. The molecule has 1 N–H and O–H groups in total.